The van der Waals surface area contributed by atoms with Gasteiger partial charge in [-0.2, -0.15) is 0 Å². The topological polar surface area (TPSA) is 25.8 Å². The van der Waals surface area contributed by atoms with Gasteiger partial charge in [-0.3, -0.25) is 0 Å². The molecule has 0 amide bonds. The van der Waals surface area contributed by atoms with Crippen LogP contribution in [-0.2, 0) is 0 Å². The molecule has 0 bridgehead atoms. The number of hydrogen-bond donors (Lipinski definition) is 0. The van der Waals surface area contributed by atoms with Gasteiger partial charge in [0.2, 0.25) is 0 Å². The van der Waals surface area contributed by atoms with E-state index in [0.29, 0.717) is 0 Å². The van der Waals surface area contributed by atoms with Crippen LogP contribution in [-0.4, -0.2) is 16.2 Å². The van der Waals surface area contributed by atoms with E-state index < -0.39 is 0 Å². The van der Waals surface area contributed by atoms with Gasteiger partial charge in [0, 0.05) is 6.20 Å². The zero-order valence-electron chi connectivity index (χ0n) is 9.00. The molecule has 0 aliphatic heterocycles. The lowest BCUT2D eigenvalue weighted by Gasteiger charge is -1.96. The van der Waals surface area contributed by atoms with E-state index in [1.807, 2.05) is 42.7 Å². The molecule has 2 aromatic rings. The lowest BCUT2D eigenvalue weighted by atomic mass is 10.2. The molecule has 0 spiro atoms. The fourth-order valence-corrected chi connectivity index (χ4v) is 1.65. The summed E-state index contributed by atoms with van der Waals surface area (Å²) >= 11 is 1.55. The molecule has 0 atom stereocenters. The number of benzene rings is 1. The number of thioether (sulfide) groups is 1. The molecule has 0 fully saturated rings. The van der Waals surface area contributed by atoms with E-state index in [9.17, 15) is 0 Å². The van der Waals surface area contributed by atoms with Gasteiger partial charge in [0.15, 0.2) is 5.16 Å². The smallest absolute Gasteiger partial charge is 0.187 e. The molecule has 16 heavy (non-hydrogen) atoms. The fraction of sp³-hybridized carbons (Fsp3) is 0.0769. The number of nitrogens with zero attached hydrogens (tertiary/aromatic N) is 2. The van der Waals surface area contributed by atoms with Crippen LogP contribution in [0.2, 0.25) is 0 Å². The average Bonchev–Trinajstić information content (AvgIpc) is 2.38. The normalized spacial score (nSPS) is 10.8. The highest BCUT2D eigenvalue weighted by molar-refractivity contribution is 7.98. The van der Waals surface area contributed by atoms with E-state index in [1.54, 1.807) is 18.0 Å². The van der Waals surface area contributed by atoms with Crippen molar-refractivity contribution in [1.29, 1.82) is 0 Å². The number of hydrogen-bond acceptors (Lipinski definition) is 3. The molecule has 2 nitrogen and oxygen atoms in total. The van der Waals surface area contributed by atoms with Gasteiger partial charge in [-0.15, -0.1) is 0 Å². The first kappa shape index (κ1) is 10.9. The van der Waals surface area contributed by atoms with Gasteiger partial charge in [-0.05, 0) is 24.0 Å². The molecule has 0 N–H and O–H groups in total. The molecule has 0 radical (unpaired) electrons. The summed E-state index contributed by atoms with van der Waals surface area (Å²) in [5.74, 6) is 0. The van der Waals surface area contributed by atoms with Crippen molar-refractivity contribution < 1.29 is 0 Å². The summed E-state index contributed by atoms with van der Waals surface area (Å²) in [6.07, 6.45) is 7.80. The summed E-state index contributed by atoms with van der Waals surface area (Å²) in [5.41, 5.74) is 2.11. The highest BCUT2D eigenvalue weighted by Gasteiger charge is 1.93. The van der Waals surface area contributed by atoms with Crippen molar-refractivity contribution in [3.63, 3.8) is 0 Å². The average molecular weight is 228 g/mol. The molecule has 0 aliphatic rings. The minimum atomic E-state index is 0.801. The van der Waals surface area contributed by atoms with Gasteiger partial charge in [-0.25, -0.2) is 9.97 Å². The van der Waals surface area contributed by atoms with E-state index in [1.165, 1.54) is 5.56 Å². The largest absolute Gasteiger partial charge is 0.231 e. The second-order valence-corrected chi connectivity index (χ2v) is 3.99. The molecule has 0 saturated carbocycles. The first-order chi connectivity index (χ1) is 7.88. The van der Waals surface area contributed by atoms with Crippen LogP contribution in [0.25, 0.3) is 12.2 Å². The van der Waals surface area contributed by atoms with Crippen molar-refractivity contribution in [1.82, 2.24) is 9.97 Å². The van der Waals surface area contributed by atoms with Crippen LogP contribution in [0.1, 0.15) is 11.3 Å². The Morgan fingerprint density at radius 3 is 2.62 bits per heavy atom. The molecule has 3 heteroatoms. The summed E-state index contributed by atoms with van der Waals surface area (Å²) in [4.78, 5) is 8.50. The summed E-state index contributed by atoms with van der Waals surface area (Å²) in [7, 11) is 0. The minimum absolute atomic E-state index is 0.801. The fourth-order valence-electron chi connectivity index (χ4n) is 1.29. The van der Waals surface area contributed by atoms with Crippen molar-refractivity contribution in [3.05, 3.63) is 53.9 Å². The molecular weight excluding hydrogens is 216 g/mol. The number of aromatic nitrogens is 2. The SMILES string of the molecule is CSc1nccc(C=Cc2ccccc2)n1. The van der Waals surface area contributed by atoms with Crippen LogP contribution >= 0.6 is 11.8 Å². The Bertz CT molecular complexity index is 480. The van der Waals surface area contributed by atoms with Crippen molar-refractivity contribution >= 4 is 23.9 Å². The Hall–Kier alpha value is -1.61. The second-order valence-electron chi connectivity index (χ2n) is 3.21. The van der Waals surface area contributed by atoms with Crippen molar-refractivity contribution in [2.45, 2.75) is 5.16 Å². The molecule has 1 heterocycles. The van der Waals surface area contributed by atoms with Crippen LogP contribution < -0.4 is 0 Å². The monoisotopic (exact) mass is 228 g/mol. The Labute approximate surface area is 99.5 Å². The predicted molar refractivity (Wildman–Crippen MR) is 69.2 cm³/mol. The molecule has 1 aromatic carbocycles. The maximum absolute atomic E-state index is 4.37. The molecule has 0 aliphatic carbocycles. The maximum atomic E-state index is 4.37. The van der Waals surface area contributed by atoms with Gasteiger partial charge in [0.25, 0.3) is 0 Å². The van der Waals surface area contributed by atoms with Crippen molar-refractivity contribution in [2.24, 2.45) is 0 Å². The molecule has 0 saturated heterocycles. The van der Waals surface area contributed by atoms with Crippen molar-refractivity contribution in [2.75, 3.05) is 6.26 Å². The highest BCUT2D eigenvalue weighted by Crippen LogP contribution is 2.10. The Morgan fingerprint density at radius 1 is 1.06 bits per heavy atom. The Morgan fingerprint density at radius 2 is 1.88 bits per heavy atom. The van der Waals surface area contributed by atoms with Gasteiger partial charge in [0.05, 0.1) is 5.69 Å². The second kappa shape index (κ2) is 5.47. The number of rotatable bonds is 3. The third-order valence-corrected chi connectivity index (χ3v) is 2.65. The molecular formula is C13H12N2S. The van der Waals surface area contributed by atoms with E-state index in [4.69, 9.17) is 0 Å². The quantitative estimate of drug-likeness (QED) is 0.595. The first-order valence-electron chi connectivity index (χ1n) is 4.98. The lowest BCUT2D eigenvalue weighted by molar-refractivity contribution is 0.961. The highest BCUT2D eigenvalue weighted by atomic mass is 32.2. The van der Waals surface area contributed by atoms with Gasteiger partial charge in [-0.1, -0.05) is 48.2 Å². The van der Waals surface area contributed by atoms with Crippen LogP contribution in [0, 0.1) is 0 Å². The Kier molecular flexibility index (Phi) is 3.72. The third kappa shape index (κ3) is 2.94. The third-order valence-electron chi connectivity index (χ3n) is 2.08. The van der Waals surface area contributed by atoms with Crippen molar-refractivity contribution in [3.8, 4) is 0 Å². The van der Waals surface area contributed by atoms with E-state index in [2.05, 4.69) is 22.1 Å². The zero-order chi connectivity index (χ0) is 11.2. The summed E-state index contributed by atoms with van der Waals surface area (Å²) in [6.45, 7) is 0. The maximum Gasteiger partial charge on any atom is 0.187 e. The summed E-state index contributed by atoms with van der Waals surface area (Å²) < 4.78 is 0. The summed E-state index contributed by atoms with van der Waals surface area (Å²) in [6, 6.07) is 12.1. The standard InChI is InChI=1S/C13H12N2S/c1-16-13-14-10-9-12(15-13)8-7-11-5-3-2-4-6-11/h2-10H,1H3. The molecule has 0 unspecified atom stereocenters. The van der Waals surface area contributed by atoms with Crippen LogP contribution in [0.3, 0.4) is 0 Å². The van der Waals surface area contributed by atoms with E-state index in [0.717, 1.165) is 10.9 Å². The minimum Gasteiger partial charge on any atom is -0.231 e. The van der Waals surface area contributed by atoms with Crippen LogP contribution in [0.4, 0.5) is 0 Å². The van der Waals surface area contributed by atoms with E-state index >= 15 is 0 Å². The van der Waals surface area contributed by atoms with Crippen LogP contribution in [0.5, 0.6) is 0 Å². The molecule has 80 valence electrons. The van der Waals surface area contributed by atoms with Gasteiger partial charge < -0.3 is 0 Å². The van der Waals surface area contributed by atoms with Gasteiger partial charge >= 0.3 is 0 Å². The lowest BCUT2D eigenvalue weighted by Crippen LogP contribution is -1.86. The summed E-state index contributed by atoms with van der Waals surface area (Å²) in [5, 5.41) is 0.801. The first-order valence-corrected chi connectivity index (χ1v) is 6.21. The molecule has 1 aromatic heterocycles. The Balaban J connectivity index is 2.17. The predicted octanol–water partition coefficient (Wildman–Crippen LogP) is 3.37. The van der Waals surface area contributed by atoms with Crippen LogP contribution in [0.15, 0.2) is 47.8 Å². The molecule has 2 rings (SSSR count). The zero-order valence-corrected chi connectivity index (χ0v) is 9.82. The van der Waals surface area contributed by atoms with Gasteiger partial charge in [0.1, 0.15) is 0 Å². The van der Waals surface area contributed by atoms with E-state index in [-0.39, 0.29) is 0 Å².